The number of benzene rings is 1. The van der Waals surface area contributed by atoms with Gasteiger partial charge in [-0.25, -0.2) is 0 Å². The Morgan fingerprint density at radius 2 is 1.76 bits per heavy atom. The van der Waals surface area contributed by atoms with Crippen LogP contribution in [0.4, 0.5) is 0 Å². The Balaban J connectivity index is 2.36. The summed E-state index contributed by atoms with van der Waals surface area (Å²) in [7, 11) is 0. The van der Waals surface area contributed by atoms with Gasteiger partial charge < -0.3 is 10.4 Å². The number of nitrogens with one attached hydrogen (secondary N) is 1. The van der Waals surface area contributed by atoms with Gasteiger partial charge in [0, 0.05) is 24.9 Å². The number of amides is 1. The molecule has 1 amide bonds. The second-order valence-corrected chi connectivity index (χ2v) is 5.59. The molecule has 0 aliphatic heterocycles. The smallest absolute Gasteiger partial charge is 0.220 e. The third-order valence-electron chi connectivity index (χ3n) is 3.54. The lowest BCUT2D eigenvalue weighted by Crippen LogP contribution is -2.34. The molecule has 1 aromatic carbocycles. The molecule has 4 nitrogen and oxygen atoms in total. The molecule has 0 spiro atoms. The zero-order valence-electron chi connectivity index (χ0n) is 13.1. The minimum atomic E-state index is -0.550. The monoisotopic (exact) mass is 291 g/mol. The fraction of sp³-hybridized carbons (Fsp3) is 0.529. The molecule has 0 bridgehead atoms. The van der Waals surface area contributed by atoms with Crippen LogP contribution in [0.3, 0.4) is 0 Å². The standard InChI is InChI=1S/C17H25NO3/c1-4-13-5-7-14(8-6-13)15(19)9-10-17(21)18-11-16(20)12(2)3/h5-8,12,16,20H,4,9-11H2,1-3H3,(H,18,21). The van der Waals surface area contributed by atoms with Gasteiger partial charge in [-0.2, -0.15) is 0 Å². The first-order valence-corrected chi connectivity index (χ1v) is 7.51. The molecular weight excluding hydrogens is 266 g/mol. The lowest BCUT2D eigenvalue weighted by atomic mass is 10.0. The van der Waals surface area contributed by atoms with Crippen LogP contribution in [0.25, 0.3) is 0 Å². The Morgan fingerprint density at radius 3 is 2.29 bits per heavy atom. The first-order chi connectivity index (χ1) is 9.93. The van der Waals surface area contributed by atoms with E-state index in [2.05, 4.69) is 12.2 Å². The highest BCUT2D eigenvalue weighted by atomic mass is 16.3. The molecule has 4 heteroatoms. The average Bonchev–Trinajstić information content (AvgIpc) is 2.50. The molecule has 1 unspecified atom stereocenters. The van der Waals surface area contributed by atoms with Crippen molar-refractivity contribution in [2.45, 2.75) is 46.1 Å². The van der Waals surface area contributed by atoms with Gasteiger partial charge in [-0.3, -0.25) is 9.59 Å². The molecule has 0 radical (unpaired) electrons. The summed E-state index contributed by atoms with van der Waals surface area (Å²) < 4.78 is 0. The van der Waals surface area contributed by atoms with Crippen molar-refractivity contribution in [3.05, 3.63) is 35.4 Å². The molecule has 0 aliphatic carbocycles. The minimum Gasteiger partial charge on any atom is -0.391 e. The van der Waals surface area contributed by atoms with Crippen LogP contribution in [0, 0.1) is 5.92 Å². The molecule has 0 saturated heterocycles. The molecule has 0 aliphatic rings. The van der Waals surface area contributed by atoms with Gasteiger partial charge in [0.05, 0.1) is 6.10 Å². The van der Waals surface area contributed by atoms with Crippen LogP contribution in [0.1, 0.15) is 49.5 Å². The molecule has 1 aromatic rings. The third kappa shape index (κ3) is 6.08. The predicted molar refractivity (Wildman–Crippen MR) is 83.2 cm³/mol. The maximum atomic E-state index is 12.0. The van der Waals surface area contributed by atoms with E-state index in [0.29, 0.717) is 5.56 Å². The van der Waals surface area contributed by atoms with Crippen molar-refractivity contribution in [3.8, 4) is 0 Å². The zero-order valence-corrected chi connectivity index (χ0v) is 13.1. The molecule has 0 aromatic heterocycles. The second kappa shape index (κ2) is 8.57. The zero-order chi connectivity index (χ0) is 15.8. The molecule has 1 atom stereocenters. The van der Waals surface area contributed by atoms with Crippen LogP contribution in [-0.4, -0.2) is 29.4 Å². The maximum Gasteiger partial charge on any atom is 0.220 e. The van der Waals surface area contributed by atoms with E-state index in [0.717, 1.165) is 6.42 Å². The van der Waals surface area contributed by atoms with Crippen LogP contribution < -0.4 is 5.32 Å². The van der Waals surface area contributed by atoms with Crippen molar-refractivity contribution in [2.24, 2.45) is 5.92 Å². The highest BCUT2D eigenvalue weighted by Crippen LogP contribution is 2.09. The summed E-state index contributed by atoms with van der Waals surface area (Å²) in [6, 6.07) is 7.49. The van der Waals surface area contributed by atoms with E-state index < -0.39 is 6.10 Å². The number of carbonyl (C=O) groups excluding carboxylic acids is 2. The van der Waals surface area contributed by atoms with E-state index in [-0.39, 0.29) is 37.0 Å². The Morgan fingerprint density at radius 1 is 1.14 bits per heavy atom. The number of Topliss-reactive ketones (excluding diaryl/α,β-unsaturated/α-hetero) is 1. The van der Waals surface area contributed by atoms with Gasteiger partial charge in [0.15, 0.2) is 5.78 Å². The fourth-order valence-corrected chi connectivity index (χ4v) is 1.84. The van der Waals surface area contributed by atoms with Crippen LogP contribution >= 0.6 is 0 Å². The van der Waals surface area contributed by atoms with Crippen molar-refractivity contribution in [1.29, 1.82) is 0 Å². The molecule has 0 fully saturated rings. The van der Waals surface area contributed by atoms with E-state index in [1.165, 1.54) is 5.56 Å². The first-order valence-electron chi connectivity index (χ1n) is 7.51. The number of aliphatic hydroxyl groups excluding tert-OH is 1. The number of ketones is 1. The van der Waals surface area contributed by atoms with Crippen LogP contribution in [0.2, 0.25) is 0 Å². The van der Waals surface area contributed by atoms with Crippen LogP contribution in [0.5, 0.6) is 0 Å². The normalized spacial score (nSPS) is 12.2. The number of aliphatic hydroxyl groups is 1. The largest absolute Gasteiger partial charge is 0.391 e. The predicted octanol–water partition coefficient (Wildman–Crippen LogP) is 2.35. The number of hydrogen-bond donors (Lipinski definition) is 2. The summed E-state index contributed by atoms with van der Waals surface area (Å²) >= 11 is 0. The SMILES string of the molecule is CCc1ccc(C(=O)CCC(=O)NCC(O)C(C)C)cc1. The molecule has 0 heterocycles. The van der Waals surface area contributed by atoms with E-state index >= 15 is 0 Å². The minimum absolute atomic E-state index is 0.0304. The number of aryl methyl sites for hydroxylation is 1. The summed E-state index contributed by atoms with van der Waals surface area (Å²) in [4.78, 5) is 23.6. The fourth-order valence-electron chi connectivity index (χ4n) is 1.84. The summed E-state index contributed by atoms with van der Waals surface area (Å²) in [5.74, 6) is -0.130. The number of rotatable bonds is 8. The van der Waals surface area contributed by atoms with Gasteiger partial charge >= 0.3 is 0 Å². The second-order valence-electron chi connectivity index (χ2n) is 5.59. The van der Waals surface area contributed by atoms with Gasteiger partial charge in [0.25, 0.3) is 0 Å². The van der Waals surface area contributed by atoms with Crippen LogP contribution in [-0.2, 0) is 11.2 Å². The lowest BCUT2D eigenvalue weighted by Gasteiger charge is -2.14. The quantitative estimate of drug-likeness (QED) is 0.722. The number of hydrogen-bond acceptors (Lipinski definition) is 3. The summed E-state index contributed by atoms with van der Waals surface area (Å²) in [5.41, 5.74) is 1.83. The first kappa shape index (κ1) is 17.4. The van der Waals surface area contributed by atoms with Gasteiger partial charge in [-0.05, 0) is 17.9 Å². The van der Waals surface area contributed by atoms with E-state index in [1.807, 2.05) is 38.1 Å². The van der Waals surface area contributed by atoms with Gasteiger partial charge in [0.2, 0.25) is 5.91 Å². The third-order valence-corrected chi connectivity index (χ3v) is 3.54. The number of carbonyl (C=O) groups is 2. The topological polar surface area (TPSA) is 66.4 Å². The molecule has 2 N–H and O–H groups in total. The van der Waals surface area contributed by atoms with Crippen LogP contribution in [0.15, 0.2) is 24.3 Å². The van der Waals surface area contributed by atoms with Crippen molar-refractivity contribution < 1.29 is 14.7 Å². The average molecular weight is 291 g/mol. The Hall–Kier alpha value is -1.68. The molecular formula is C17H25NO3. The Bertz CT molecular complexity index is 465. The van der Waals surface area contributed by atoms with Crippen molar-refractivity contribution in [2.75, 3.05) is 6.54 Å². The van der Waals surface area contributed by atoms with Gasteiger partial charge in [-0.15, -0.1) is 0 Å². The molecule has 1 rings (SSSR count). The van der Waals surface area contributed by atoms with Crippen molar-refractivity contribution in [1.82, 2.24) is 5.32 Å². The Kier molecular flexibility index (Phi) is 7.09. The van der Waals surface area contributed by atoms with Gasteiger partial charge in [-0.1, -0.05) is 45.0 Å². The lowest BCUT2D eigenvalue weighted by molar-refractivity contribution is -0.121. The maximum absolute atomic E-state index is 12.0. The molecule has 0 saturated carbocycles. The van der Waals surface area contributed by atoms with E-state index in [1.54, 1.807) is 0 Å². The Labute approximate surface area is 126 Å². The summed E-state index contributed by atoms with van der Waals surface area (Å²) in [6.45, 7) is 6.07. The molecule has 21 heavy (non-hydrogen) atoms. The van der Waals surface area contributed by atoms with E-state index in [9.17, 15) is 14.7 Å². The van der Waals surface area contributed by atoms with Gasteiger partial charge in [0.1, 0.15) is 0 Å². The summed E-state index contributed by atoms with van der Waals surface area (Å²) in [5, 5.41) is 12.2. The highest BCUT2D eigenvalue weighted by molar-refractivity contribution is 5.97. The van der Waals surface area contributed by atoms with E-state index in [4.69, 9.17) is 0 Å². The van der Waals surface area contributed by atoms with Crippen molar-refractivity contribution in [3.63, 3.8) is 0 Å². The molecule has 116 valence electrons. The summed E-state index contributed by atoms with van der Waals surface area (Å²) in [6.07, 6.45) is 0.731. The van der Waals surface area contributed by atoms with Crippen molar-refractivity contribution >= 4 is 11.7 Å². The highest BCUT2D eigenvalue weighted by Gasteiger charge is 2.12.